The SMILES string of the molecule is COc1ccc(C2Oc3c(OC)cccc3C2C)cc1OC. The summed E-state index contributed by atoms with van der Waals surface area (Å²) in [6.07, 6.45) is -0.0638. The summed E-state index contributed by atoms with van der Waals surface area (Å²) < 4.78 is 22.3. The van der Waals surface area contributed by atoms with Crippen LogP contribution < -0.4 is 18.9 Å². The smallest absolute Gasteiger partial charge is 0.165 e. The summed E-state index contributed by atoms with van der Waals surface area (Å²) in [5, 5.41) is 0. The summed E-state index contributed by atoms with van der Waals surface area (Å²) in [5.74, 6) is 3.26. The zero-order valence-corrected chi connectivity index (χ0v) is 13.3. The molecular weight excluding hydrogens is 280 g/mol. The number of rotatable bonds is 4. The van der Waals surface area contributed by atoms with Crippen LogP contribution >= 0.6 is 0 Å². The first kappa shape index (κ1) is 14.6. The molecule has 116 valence electrons. The molecule has 1 aliphatic rings. The number of hydrogen-bond donors (Lipinski definition) is 0. The molecule has 0 N–H and O–H groups in total. The standard InChI is InChI=1S/C18H20O4/c1-11-13-6-5-7-15(20-3)18(13)22-17(11)12-8-9-14(19-2)16(10-12)21-4/h5-11,17H,1-4H3. The van der Waals surface area contributed by atoms with Gasteiger partial charge in [0.05, 0.1) is 21.3 Å². The maximum atomic E-state index is 6.18. The topological polar surface area (TPSA) is 36.9 Å². The molecule has 2 aromatic carbocycles. The van der Waals surface area contributed by atoms with Gasteiger partial charge in [0.1, 0.15) is 6.10 Å². The Morgan fingerprint density at radius 1 is 0.864 bits per heavy atom. The van der Waals surface area contributed by atoms with Gasteiger partial charge in [-0.1, -0.05) is 25.1 Å². The quantitative estimate of drug-likeness (QED) is 0.856. The lowest BCUT2D eigenvalue weighted by Crippen LogP contribution is -2.07. The molecule has 4 nitrogen and oxygen atoms in total. The highest BCUT2D eigenvalue weighted by Gasteiger charge is 2.34. The van der Waals surface area contributed by atoms with E-state index in [1.807, 2.05) is 30.3 Å². The Hall–Kier alpha value is -2.36. The van der Waals surface area contributed by atoms with Gasteiger partial charge in [-0.2, -0.15) is 0 Å². The maximum Gasteiger partial charge on any atom is 0.165 e. The van der Waals surface area contributed by atoms with Crippen LogP contribution in [0.5, 0.6) is 23.0 Å². The predicted molar refractivity (Wildman–Crippen MR) is 84.3 cm³/mol. The highest BCUT2D eigenvalue weighted by molar-refractivity contribution is 5.53. The Labute approximate surface area is 130 Å². The zero-order valence-electron chi connectivity index (χ0n) is 13.3. The lowest BCUT2D eigenvalue weighted by molar-refractivity contribution is 0.207. The lowest BCUT2D eigenvalue weighted by Gasteiger charge is -2.18. The fourth-order valence-electron chi connectivity index (χ4n) is 2.96. The van der Waals surface area contributed by atoms with E-state index < -0.39 is 0 Å². The Morgan fingerprint density at radius 3 is 2.27 bits per heavy atom. The molecule has 1 heterocycles. The molecular formula is C18H20O4. The number of methoxy groups -OCH3 is 3. The maximum absolute atomic E-state index is 6.18. The van der Waals surface area contributed by atoms with Crippen LogP contribution in [0.25, 0.3) is 0 Å². The lowest BCUT2D eigenvalue weighted by atomic mass is 9.92. The van der Waals surface area contributed by atoms with E-state index in [1.165, 1.54) is 5.56 Å². The second kappa shape index (κ2) is 5.79. The van der Waals surface area contributed by atoms with Crippen molar-refractivity contribution in [2.75, 3.05) is 21.3 Å². The fourth-order valence-corrected chi connectivity index (χ4v) is 2.96. The summed E-state index contributed by atoms with van der Waals surface area (Å²) in [7, 11) is 4.93. The van der Waals surface area contributed by atoms with Crippen LogP contribution in [0.3, 0.4) is 0 Å². The predicted octanol–water partition coefficient (Wildman–Crippen LogP) is 3.95. The van der Waals surface area contributed by atoms with Crippen molar-refractivity contribution in [3.8, 4) is 23.0 Å². The normalized spacial score (nSPS) is 19.3. The summed E-state index contributed by atoms with van der Waals surface area (Å²) in [5.41, 5.74) is 2.22. The summed E-state index contributed by atoms with van der Waals surface area (Å²) in [4.78, 5) is 0. The molecule has 2 aromatic rings. The number of ether oxygens (including phenoxy) is 4. The largest absolute Gasteiger partial charge is 0.493 e. The third-order valence-corrected chi connectivity index (χ3v) is 4.15. The molecule has 3 rings (SSSR count). The molecule has 0 bridgehead atoms. The minimum Gasteiger partial charge on any atom is -0.493 e. The van der Waals surface area contributed by atoms with Gasteiger partial charge in [-0.25, -0.2) is 0 Å². The molecule has 0 aliphatic carbocycles. The van der Waals surface area contributed by atoms with Crippen molar-refractivity contribution >= 4 is 0 Å². The fraction of sp³-hybridized carbons (Fsp3) is 0.333. The monoisotopic (exact) mass is 300 g/mol. The average Bonchev–Trinajstić information content (AvgIpc) is 2.91. The van der Waals surface area contributed by atoms with Crippen LogP contribution in [0.4, 0.5) is 0 Å². The van der Waals surface area contributed by atoms with Gasteiger partial charge in [-0.3, -0.25) is 0 Å². The molecule has 0 radical (unpaired) electrons. The molecule has 0 saturated heterocycles. The highest BCUT2D eigenvalue weighted by Crippen LogP contribution is 2.50. The molecule has 22 heavy (non-hydrogen) atoms. The second-order valence-electron chi connectivity index (χ2n) is 5.32. The number of fused-ring (bicyclic) bond motifs is 1. The first-order valence-corrected chi connectivity index (χ1v) is 7.25. The number of para-hydroxylation sites is 1. The number of benzene rings is 2. The molecule has 2 unspecified atom stereocenters. The van der Waals surface area contributed by atoms with Crippen LogP contribution in [0.15, 0.2) is 36.4 Å². The van der Waals surface area contributed by atoms with Crippen LogP contribution in [0.2, 0.25) is 0 Å². The molecule has 2 atom stereocenters. The molecule has 0 aromatic heterocycles. The van der Waals surface area contributed by atoms with Gasteiger partial charge in [0.15, 0.2) is 23.0 Å². The number of hydrogen-bond acceptors (Lipinski definition) is 4. The van der Waals surface area contributed by atoms with E-state index in [0.29, 0.717) is 11.5 Å². The summed E-state index contributed by atoms with van der Waals surface area (Å²) >= 11 is 0. The van der Waals surface area contributed by atoms with Gasteiger partial charge in [0, 0.05) is 11.5 Å². The summed E-state index contributed by atoms with van der Waals surface area (Å²) in [6, 6.07) is 11.9. The van der Waals surface area contributed by atoms with E-state index in [0.717, 1.165) is 17.1 Å². The van der Waals surface area contributed by atoms with E-state index in [2.05, 4.69) is 13.0 Å². The van der Waals surface area contributed by atoms with Gasteiger partial charge >= 0.3 is 0 Å². The van der Waals surface area contributed by atoms with Gasteiger partial charge in [-0.15, -0.1) is 0 Å². The van der Waals surface area contributed by atoms with Crippen molar-refractivity contribution < 1.29 is 18.9 Å². The van der Waals surface area contributed by atoms with Gasteiger partial charge in [-0.05, 0) is 23.8 Å². The first-order chi connectivity index (χ1) is 10.7. The van der Waals surface area contributed by atoms with Crippen LogP contribution in [-0.4, -0.2) is 21.3 Å². The Kier molecular flexibility index (Phi) is 3.84. The molecule has 0 fully saturated rings. The van der Waals surface area contributed by atoms with Crippen molar-refractivity contribution in [1.29, 1.82) is 0 Å². The Morgan fingerprint density at radius 2 is 1.59 bits per heavy atom. The van der Waals surface area contributed by atoms with Crippen LogP contribution in [-0.2, 0) is 0 Å². The zero-order chi connectivity index (χ0) is 15.7. The molecule has 0 amide bonds. The highest BCUT2D eigenvalue weighted by atomic mass is 16.5. The van der Waals surface area contributed by atoms with E-state index in [-0.39, 0.29) is 12.0 Å². The Bertz CT molecular complexity index is 681. The Balaban J connectivity index is 1.98. The third kappa shape index (κ3) is 2.25. The van der Waals surface area contributed by atoms with Crippen molar-refractivity contribution in [3.63, 3.8) is 0 Å². The van der Waals surface area contributed by atoms with Crippen LogP contribution in [0.1, 0.15) is 30.1 Å². The van der Waals surface area contributed by atoms with Crippen molar-refractivity contribution in [2.24, 2.45) is 0 Å². The minimum atomic E-state index is -0.0638. The third-order valence-electron chi connectivity index (χ3n) is 4.15. The second-order valence-corrected chi connectivity index (χ2v) is 5.32. The van der Waals surface area contributed by atoms with E-state index in [4.69, 9.17) is 18.9 Å². The molecule has 4 heteroatoms. The minimum absolute atomic E-state index is 0.0638. The van der Waals surface area contributed by atoms with Crippen molar-refractivity contribution in [1.82, 2.24) is 0 Å². The van der Waals surface area contributed by atoms with E-state index in [9.17, 15) is 0 Å². The van der Waals surface area contributed by atoms with Crippen molar-refractivity contribution in [2.45, 2.75) is 18.9 Å². The van der Waals surface area contributed by atoms with E-state index in [1.54, 1.807) is 21.3 Å². The molecule has 0 spiro atoms. The van der Waals surface area contributed by atoms with Crippen molar-refractivity contribution in [3.05, 3.63) is 47.5 Å². The molecule has 0 saturated carbocycles. The van der Waals surface area contributed by atoms with Gasteiger partial charge < -0.3 is 18.9 Å². The molecule has 1 aliphatic heterocycles. The van der Waals surface area contributed by atoms with Crippen LogP contribution in [0, 0.1) is 0 Å². The van der Waals surface area contributed by atoms with Gasteiger partial charge in [0.2, 0.25) is 0 Å². The average molecular weight is 300 g/mol. The van der Waals surface area contributed by atoms with Gasteiger partial charge in [0.25, 0.3) is 0 Å². The first-order valence-electron chi connectivity index (χ1n) is 7.25. The van der Waals surface area contributed by atoms with E-state index >= 15 is 0 Å². The summed E-state index contributed by atoms with van der Waals surface area (Å²) in [6.45, 7) is 2.16.